The van der Waals surface area contributed by atoms with Crippen LogP contribution in [0.25, 0.3) is 10.9 Å². The molecule has 4 aromatic rings. The van der Waals surface area contributed by atoms with Gasteiger partial charge in [0.1, 0.15) is 0 Å². The number of nitrogens with zero attached hydrogens (tertiary/aromatic N) is 2. The molecule has 5 nitrogen and oxygen atoms in total. The van der Waals surface area contributed by atoms with E-state index < -0.39 is 0 Å². The van der Waals surface area contributed by atoms with E-state index in [-0.39, 0.29) is 10.6 Å². The summed E-state index contributed by atoms with van der Waals surface area (Å²) in [5, 5.41) is 16.1. The van der Waals surface area contributed by atoms with Crippen LogP contribution in [-0.2, 0) is 13.1 Å². The smallest absolute Gasteiger partial charge is 0.271 e. The maximum atomic E-state index is 11.0. The van der Waals surface area contributed by atoms with Crippen molar-refractivity contribution in [2.75, 3.05) is 5.32 Å². The lowest BCUT2D eigenvalue weighted by atomic mass is 10.1. The first-order valence-corrected chi connectivity index (χ1v) is 9.27. The van der Waals surface area contributed by atoms with Crippen LogP contribution in [-0.4, -0.2) is 9.49 Å². The van der Waals surface area contributed by atoms with Gasteiger partial charge in [0, 0.05) is 53.0 Å². The van der Waals surface area contributed by atoms with E-state index in [0.29, 0.717) is 6.54 Å². The molecule has 6 heteroatoms. The molecule has 1 heterocycles. The van der Waals surface area contributed by atoms with E-state index in [1.54, 1.807) is 12.1 Å². The molecule has 0 aliphatic heterocycles. The highest BCUT2D eigenvalue weighted by atomic mass is 35.5. The number of nitro groups is 1. The lowest BCUT2D eigenvalue weighted by molar-refractivity contribution is -0.384. The minimum atomic E-state index is -0.387. The Kier molecular flexibility index (Phi) is 5.00. The summed E-state index contributed by atoms with van der Waals surface area (Å²) in [6.07, 6.45) is 2.12. The maximum absolute atomic E-state index is 11.0. The third-order valence-electron chi connectivity index (χ3n) is 4.65. The number of anilines is 1. The number of aromatic nitrogens is 1. The summed E-state index contributed by atoms with van der Waals surface area (Å²) in [5.74, 6) is 0. The number of non-ortho nitro benzene ring substituents is 1. The molecule has 0 aliphatic rings. The second-order valence-electron chi connectivity index (χ2n) is 6.59. The lowest BCUT2D eigenvalue weighted by Gasteiger charge is -2.06. The fourth-order valence-electron chi connectivity index (χ4n) is 3.35. The van der Waals surface area contributed by atoms with Crippen molar-refractivity contribution in [1.82, 2.24) is 4.57 Å². The van der Waals surface area contributed by atoms with Gasteiger partial charge in [0.25, 0.3) is 5.69 Å². The lowest BCUT2D eigenvalue weighted by Crippen LogP contribution is -2.00. The normalized spacial score (nSPS) is 10.9. The summed E-state index contributed by atoms with van der Waals surface area (Å²) in [7, 11) is 0. The average Bonchev–Trinajstić information content (AvgIpc) is 3.04. The van der Waals surface area contributed by atoms with Gasteiger partial charge in [0.05, 0.1) is 4.92 Å². The van der Waals surface area contributed by atoms with Crippen molar-refractivity contribution in [3.05, 3.63) is 105 Å². The van der Waals surface area contributed by atoms with Gasteiger partial charge in [-0.1, -0.05) is 48.0 Å². The molecule has 0 fully saturated rings. The fraction of sp³-hybridized carbons (Fsp3) is 0.0909. The summed E-state index contributed by atoms with van der Waals surface area (Å²) in [5.41, 5.74) is 4.20. The maximum Gasteiger partial charge on any atom is 0.271 e. The van der Waals surface area contributed by atoms with E-state index in [0.717, 1.165) is 39.3 Å². The molecule has 0 bridgehead atoms. The summed E-state index contributed by atoms with van der Waals surface area (Å²) < 4.78 is 2.20. The second kappa shape index (κ2) is 7.74. The molecule has 0 unspecified atom stereocenters. The van der Waals surface area contributed by atoms with Crippen molar-refractivity contribution in [3.63, 3.8) is 0 Å². The zero-order chi connectivity index (χ0) is 19.5. The van der Waals surface area contributed by atoms with Gasteiger partial charge in [-0.2, -0.15) is 0 Å². The van der Waals surface area contributed by atoms with Crippen LogP contribution in [0.4, 0.5) is 11.4 Å². The molecule has 0 amide bonds. The molecule has 0 saturated carbocycles. The van der Waals surface area contributed by atoms with Crippen molar-refractivity contribution in [3.8, 4) is 0 Å². The first-order valence-electron chi connectivity index (χ1n) is 8.90. The highest BCUT2D eigenvalue weighted by molar-refractivity contribution is 6.30. The molecule has 140 valence electrons. The number of hydrogen-bond donors (Lipinski definition) is 1. The van der Waals surface area contributed by atoms with Gasteiger partial charge < -0.3 is 9.88 Å². The van der Waals surface area contributed by atoms with Gasteiger partial charge in [0.15, 0.2) is 0 Å². The van der Waals surface area contributed by atoms with Crippen LogP contribution in [0, 0.1) is 10.1 Å². The molecule has 1 N–H and O–H groups in total. The Balaban J connectivity index is 1.61. The predicted molar refractivity (Wildman–Crippen MR) is 113 cm³/mol. The number of benzene rings is 3. The van der Waals surface area contributed by atoms with E-state index in [4.69, 9.17) is 11.6 Å². The van der Waals surface area contributed by atoms with Gasteiger partial charge in [-0.05, 0) is 35.4 Å². The van der Waals surface area contributed by atoms with Crippen molar-refractivity contribution in [1.29, 1.82) is 0 Å². The Hall–Kier alpha value is -3.31. The van der Waals surface area contributed by atoms with E-state index in [1.807, 2.05) is 36.4 Å². The number of nitro benzene ring substituents is 1. The Bertz CT molecular complexity index is 1150. The third-order valence-corrected chi connectivity index (χ3v) is 4.89. The summed E-state index contributed by atoms with van der Waals surface area (Å²) in [6.45, 7) is 1.29. The zero-order valence-electron chi connectivity index (χ0n) is 15.0. The van der Waals surface area contributed by atoms with Gasteiger partial charge in [-0.3, -0.25) is 10.1 Å². The summed E-state index contributed by atoms with van der Waals surface area (Å²) in [6, 6.07) is 22.6. The van der Waals surface area contributed by atoms with E-state index in [2.05, 4.69) is 34.3 Å². The molecule has 0 saturated heterocycles. The van der Waals surface area contributed by atoms with Crippen molar-refractivity contribution in [2.24, 2.45) is 0 Å². The average molecular weight is 392 g/mol. The van der Waals surface area contributed by atoms with Crippen LogP contribution in [0.15, 0.2) is 79.0 Å². The Morgan fingerprint density at radius 3 is 2.64 bits per heavy atom. The van der Waals surface area contributed by atoms with E-state index >= 15 is 0 Å². The molecule has 1 aromatic heterocycles. The predicted octanol–water partition coefficient (Wildman–Crippen LogP) is 5.86. The van der Waals surface area contributed by atoms with Crippen LogP contribution in [0.1, 0.15) is 11.1 Å². The highest BCUT2D eigenvalue weighted by Crippen LogP contribution is 2.25. The number of halogens is 1. The first-order chi connectivity index (χ1) is 13.6. The van der Waals surface area contributed by atoms with Crippen LogP contribution in [0.2, 0.25) is 5.02 Å². The van der Waals surface area contributed by atoms with Crippen molar-refractivity contribution in [2.45, 2.75) is 13.1 Å². The van der Waals surface area contributed by atoms with Crippen molar-refractivity contribution < 1.29 is 4.92 Å². The van der Waals surface area contributed by atoms with Gasteiger partial charge in [0.2, 0.25) is 0 Å². The number of fused-ring (bicyclic) bond motifs is 1. The standard InChI is InChI=1S/C22H18ClN3O2/c23-18-6-3-5-16(11-18)14-25-15-17(21-9-1-2-10-22(21)25)13-24-19-7-4-8-20(12-19)26(27)28/h1-12,15,24H,13-14H2. The second-order valence-corrected chi connectivity index (χ2v) is 7.03. The molecular weight excluding hydrogens is 374 g/mol. The molecule has 0 spiro atoms. The quantitative estimate of drug-likeness (QED) is 0.330. The molecular formula is C22H18ClN3O2. The molecule has 3 aromatic carbocycles. The summed E-state index contributed by atoms with van der Waals surface area (Å²) in [4.78, 5) is 10.6. The molecule has 0 atom stereocenters. The van der Waals surface area contributed by atoms with Crippen LogP contribution in [0.5, 0.6) is 0 Å². The zero-order valence-corrected chi connectivity index (χ0v) is 15.8. The fourth-order valence-corrected chi connectivity index (χ4v) is 3.57. The van der Waals surface area contributed by atoms with Crippen LogP contribution in [0.3, 0.4) is 0 Å². The molecule has 4 rings (SSSR count). The van der Waals surface area contributed by atoms with Gasteiger partial charge >= 0.3 is 0 Å². The molecule has 28 heavy (non-hydrogen) atoms. The number of nitrogens with one attached hydrogen (secondary N) is 1. The Morgan fingerprint density at radius 2 is 1.82 bits per heavy atom. The van der Waals surface area contributed by atoms with Crippen molar-refractivity contribution >= 4 is 33.9 Å². The highest BCUT2D eigenvalue weighted by Gasteiger charge is 2.10. The minimum Gasteiger partial charge on any atom is -0.381 e. The largest absolute Gasteiger partial charge is 0.381 e. The first kappa shape index (κ1) is 18.1. The topological polar surface area (TPSA) is 60.1 Å². The Labute approximate surface area is 167 Å². The monoisotopic (exact) mass is 391 g/mol. The molecule has 0 aliphatic carbocycles. The minimum absolute atomic E-state index is 0.0772. The third kappa shape index (κ3) is 3.85. The number of rotatable bonds is 6. The van der Waals surface area contributed by atoms with Gasteiger partial charge in [-0.25, -0.2) is 0 Å². The van der Waals surface area contributed by atoms with E-state index in [1.165, 1.54) is 6.07 Å². The number of hydrogen-bond acceptors (Lipinski definition) is 3. The summed E-state index contributed by atoms with van der Waals surface area (Å²) >= 11 is 6.12. The Morgan fingerprint density at radius 1 is 1.00 bits per heavy atom. The van der Waals surface area contributed by atoms with Crippen LogP contribution < -0.4 is 5.32 Å². The van der Waals surface area contributed by atoms with Crippen LogP contribution >= 0.6 is 11.6 Å². The molecule has 0 radical (unpaired) electrons. The van der Waals surface area contributed by atoms with E-state index in [9.17, 15) is 10.1 Å². The number of para-hydroxylation sites is 1. The SMILES string of the molecule is O=[N+]([O-])c1cccc(NCc2cn(Cc3cccc(Cl)c3)c3ccccc23)c1. The van der Waals surface area contributed by atoms with Gasteiger partial charge in [-0.15, -0.1) is 0 Å².